The minimum absolute atomic E-state index is 0.00616. The smallest absolute Gasteiger partial charge is 0.165 e. The maximum absolute atomic E-state index is 13.8. The van der Waals surface area contributed by atoms with Crippen molar-refractivity contribution >= 4 is 0 Å². The number of rotatable bonds is 5. The molecule has 0 aromatic heterocycles. The standard InChI is InChI=1S/C15H20FNO2/c1-18-14-5-2-10(8-13(14)16)15-11(6-7-19-15)9-17-12-3-4-12/h2,5,8,11-12,15,17H,3-4,6-7,9H2,1H3. The van der Waals surface area contributed by atoms with Crippen LogP contribution in [-0.2, 0) is 4.74 Å². The van der Waals surface area contributed by atoms with E-state index in [0.29, 0.717) is 12.0 Å². The monoisotopic (exact) mass is 265 g/mol. The van der Waals surface area contributed by atoms with Gasteiger partial charge in [0.1, 0.15) is 0 Å². The molecule has 1 heterocycles. The Balaban J connectivity index is 1.70. The number of halogens is 1. The summed E-state index contributed by atoms with van der Waals surface area (Å²) in [4.78, 5) is 0. The van der Waals surface area contributed by atoms with Gasteiger partial charge in [-0.05, 0) is 37.0 Å². The molecule has 19 heavy (non-hydrogen) atoms. The van der Waals surface area contributed by atoms with Crippen LogP contribution in [0.2, 0.25) is 0 Å². The number of hydrogen-bond donors (Lipinski definition) is 1. The molecule has 0 bridgehead atoms. The van der Waals surface area contributed by atoms with Crippen LogP contribution in [0, 0.1) is 11.7 Å². The summed E-state index contributed by atoms with van der Waals surface area (Å²) in [5.74, 6) is 0.409. The third-order valence-electron chi connectivity index (χ3n) is 3.96. The Morgan fingerprint density at radius 2 is 2.21 bits per heavy atom. The molecule has 0 spiro atoms. The Bertz CT molecular complexity index is 448. The second kappa shape index (κ2) is 5.47. The molecule has 2 unspecified atom stereocenters. The van der Waals surface area contributed by atoms with Gasteiger partial charge in [-0.3, -0.25) is 0 Å². The van der Waals surface area contributed by atoms with E-state index >= 15 is 0 Å². The van der Waals surface area contributed by atoms with Gasteiger partial charge >= 0.3 is 0 Å². The first-order valence-electron chi connectivity index (χ1n) is 6.96. The molecule has 1 aliphatic heterocycles. The quantitative estimate of drug-likeness (QED) is 0.888. The third-order valence-corrected chi connectivity index (χ3v) is 3.96. The normalized spacial score (nSPS) is 26.6. The van der Waals surface area contributed by atoms with Crippen LogP contribution in [0.3, 0.4) is 0 Å². The van der Waals surface area contributed by atoms with E-state index in [9.17, 15) is 4.39 Å². The van der Waals surface area contributed by atoms with Gasteiger partial charge in [-0.1, -0.05) is 6.07 Å². The van der Waals surface area contributed by atoms with E-state index in [1.807, 2.05) is 6.07 Å². The SMILES string of the molecule is COc1ccc(C2OCCC2CNC2CC2)cc1F. The zero-order valence-corrected chi connectivity index (χ0v) is 11.2. The Kier molecular flexibility index (Phi) is 3.71. The minimum Gasteiger partial charge on any atom is -0.494 e. The predicted octanol–water partition coefficient (Wildman–Crippen LogP) is 2.66. The Hall–Kier alpha value is -1.13. The largest absolute Gasteiger partial charge is 0.494 e. The van der Waals surface area contributed by atoms with Gasteiger partial charge in [0.25, 0.3) is 0 Å². The summed E-state index contributed by atoms with van der Waals surface area (Å²) >= 11 is 0. The van der Waals surface area contributed by atoms with Crippen molar-refractivity contribution in [2.75, 3.05) is 20.3 Å². The van der Waals surface area contributed by atoms with Gasteiger partial charge in [0.05, 0.1) is 13.2 Å². The number of ether oxygens (including phenoxy) is 2. The Morgan fingerprint density at radius 3 is 2.89 bits per heavy atom. The van der Waals surface area contributed by atoms with Crippen LogP contribution in [0.4, 0.5) is 4.39 Å². The summed E-state index contributed by atoms with van der Waals surface area (Å²) in [5.41, 5.74) is 0.915. The number of methoxy groups -OCH3 is 1. The van der Waals surface area contributed by atoms with E-state index in [0.717, 1.165) is 25.1 Å². The maximum Gasteiger partial charge on any atom is 0.165 e. The van der Waals surface area contributed by atoms with E-state index < -0.39 is 0 Å². The van der Waals surface area contributed by atoms with E-state index in [1.54, 1.807) is 12.1 Å². The predicted molar refractivity (Wildman–Crippen MR) is 70.8 cm³/mol. The molecular weight excluding hydrogens is 245 g/mol. The van der Waals surface area contributed by atoms with Crippen LogP contribution in [0.1, 0.15) is 30.9 Å². The van der Waals surface area contributed by atoms with Gasteiger partial charge in [-0.25, -0.2) is 4.39 Å². The number of benzene rings is 1. The highest BCUT2D eigenvalue weighted by atomic mass is 19.1. The lowest BCUT2D eigenvalue weighted by atomic mass is 9.95. The van der Waals surface area contributed by atoms with Crippen LogP contribution in [0.15, 0.2) is 18.2 Å². The van der Waals surface area contributed by atoms with Crippen molar-refractivity contribution in [3.8, 4) is 5.75 Å². The summed E-state index contributed by atoms with van der Waals surface area (Å²) in [7, 11) is 1.48. The van der Waals surface area contributed by atoms with Crippen molar-refractivity contribution in [2.24, 2.45) is 5.92 Å². The molecule has 1 aromatic rings. The fraction of sp³-hybridized carbons (Fsp3) is 0.600. The van der Waals surface area contributed by atoms with Gasteiger partial charge < -0.3 is 14.8 Å². The summed E-state index contributed by atoms with van der Waals surface area (Å²) in [6, 6.07) is 5.83. The van der Waals surface area contributed by atoms with Crippen molar-refractivity contribution in [3.05, 3.63) is 29.6 Å². The first kappa shape index (κ1) is 12.9. The van der Waals surface area contributed by atoms with E-state index in [2.05, 4.69) is 5.32 Å². The van der Waals surface area contributed by atoms with E-state index in [-0.39, 0.29) is 17.7 Å². The first-order chi connectivity index (χ1) is 9.28. The molecule has 2 atom stereocenters. The van der Waals surface area contributed by atoms with Crippen molar-refractivity contribution in [3.63, 3.8) is 0 Å². The number of hydrogen-bond acceptors (Lipinski definition) is 3. The lowest BCUT2D eigenvalue weighted by Gasteiger charge is -2.20. The van der Waals surface area contributed by atoms with Gasteiger partial charge in [-0.15, -0.1) is 0 Å². The Morgan fingerprint density at radius 1 is 1.37 bits per heavy atom. The second-order valence-electron chi connectivity index (χ2n) is 5.42. The lowest BCUT2D eigenvalue weighted by Crippen LogP contribution is -2.26. The average molecular weight is 265 g/mol. The molecule has 2 aliphatic rings. The van der Waals surface area contributed by atoms with Crippen LogP contribution in [0.25, 0.3) is 0 Å². The van der Waals surface area contributed by atoms with Crippen LogP contribution >= 0.6 is 0 Å². The Labute approximate surface area is 113 Å². The molecule has 2 fully saturated rings. The molecule has 0 amide bonds. The molecule has 1 saturated heterocycles. The van der Waals surface area contributed by atoms with Crippen molar-refractivity contribution in [2.45, 2.75) is 31.4 Å². The van der Waals surface area contributed by atoms with Crippen LogP contribution in [0.5, 0.6) is 5.75 Å². The summed E-state index contributed by atoms with van der Waals surface area (Å²) in [6.45, 7) is 1.72. The molecule has 1 N–H and O–H groups in total. The number of nitrogens with one attached hydrogen (secondary N) is 1. The zero-order valence-electron chi connectivity index (χ0n) is 11.2. The highest BCUT2D eigenvalue weighted by Crippen LogP contribution is 2.36. The van der Waals surface area contributed by atoms with E-state index in [1.165, 1.54) is 20.0 Å². The zero-order chi connectivity index (χ0) is 13.2. The van der Waals surface area contributed by atoms with Crippen molar-refractivity contribution in [1.29, 1.82) is 0 Å². The topological polar surface area (TPSA) is 30.5 Å². The second-order valence-corrected chi connectivity index (χ2v) is 5.42. The van der Waals surface area contributed by atoms with Crippen molar-refractivity contribution < 1.29 is 13.9 Å². The summed E-state index contributed by atoms with van der Waals surface area (Å²) < 4.78 is 24.5. The first-order valence-corrected chi connectivity index (χ1v) is 6.96. The molecule has 1 aromatic carbocycles. The molecular formula is C15H20FNO2. The summed E-state index contributed by atoms with van der Waals surface area (Å²) in [5, 5.41) is 3.54. The lowest BCUT2D eigenvalue weighted by molar-refractivity contribution is 0.0901. The molecule has 1 saturated carbocycles. The molecule has 3 rings (SSSR count). The van der Waals surface area contributed by atoms with Crippen LogP contribution < -0.4 is 10.1 Å². The molecule has 3 nitrogen and oxygen atoms in total. The summed E-state index contributed by atoms with van der Waals surface area (Å²) in [6.07, 6.45) is 3.62. The third kappa shape index (κ3) is 2.90. The maximum atomic E-state index is 13.8. The molecule has 1 aliphatic carbocycles. The fourth-order valence-electron chi connectivity index (χ4n) is 2.68. The van der Waals surface area contributed by atoms with E-state index in [4.69, 9.17) is 9.47 Å². The molecule has 0 radical (unpaired) electrons. The fourth-order valence-corrected chi connectivity index (χ4v) is 2.68. The van der Waals surface area contributed by atoms with Gasteiger partial charge in [0.15, 0.2) is 11.6 Å². The highest BCUT2D eigenvalue weighted by Gasteiger charge is 2.31. The van der Waals surface area contributed by atoms with Gasteiger partial charge in [-0.2, -0.15) is 0 Å². The molecule has 4 heteroatoms. The minimum atomic E-state index is -0.315. The van der Waals surface area contributed by atoms with Crippen LogP contribution in [-0.4, -0.2) is 26.3 Å². The highest BCUT2D eigenvalue weighted by molar-refractivity contribution is 5.31. The molecule has 104 valence electrons. The van der Waals surface area contributed by atoms with Gasteiger partial charge in [0.2, 0.25) is 0 Å². The van der Waals surface area contributed by atoms with Crippen molar-refractivity contribution in [1.82, 2.24) is 5.32 Å². The van der Waals surface area contributed by atoms with Gasteiger partial charge in [0, 0.05) is 25.1 Å². The average Bonchev–Trinajstić information content (AvgIpc) is 3.13.